The van der Waals surface area contributed by atoms with E-state index in [-0.39, 0.29) is 6.10 Å². The highest BCUT2D eigenvalue weighted by Gasteiger charge is 2.31. The van der Waals surface area contributed by atoms with Gasteiger partial charge in [0.05, 0.1) is 6.10 Å². The van der Waals surface area contributed by atoms with Gasteiger partial charge >= 0.3 is 0 Å². The first-order valence-electron chi connectivity index (χ1n) is 6.44. The molecule has 2 heteroatoms. The molecule has 0 aromatic heterocycles. The van der Waals surface area contributed by atoms with Gasteiger partial charge in [0.2, 0.25) is 0 Å². The standard InChI is InChI=1S/C13H27NO/c1-11(15)7-6-10-14-12-8-4-5-9-13(12,2)3/h11-12,14-15H,4-10H2,1-3H3. The van der Waals surface area contributed by atoms with Gasteiger partial charge in [0.1, 0.15) is 0 Å². The minimum absolute atomic E-state index is 0.147. The molecule has 2 atom stereocenters. The molecule has 2 unspecified atom stereocenters. The summed E-state index contributed by atoms with van der Waals surface area (Å²) >= 11 is 0. The zero-order chi connectivity index (χ0) is 11.3. The third-order valence-electron chi connectivity index (χ3n) is 3.70. The normalized spacial score (nSPS) is 27.6. The van der Waals surface area contributed by atoms with E-state index in [1.807, 2.05) is 6.92 Å². The van der Waals surface area contributed by atoms with E-state index in [0.717, 1.165) is 19.4 Å². The summed E-state index contributed by atoms with van der Waals surface area (Å²) in [5.74, 6) is 0. The maximum atomic E-state index is 9.16. The maximum absolute atomic E-state index is 9.16. The van der Waals surface area contributed by atoms with Crippen molar-refractivity contribution in [1.29, 1.82) is 0 Å². The largest absolute Gasteiger partial charge is 0.393 e. The highest BCUT2D eigenvalue weighted by Crippen LogP contribution is 2.35. The fraction of sp³-hybridized carbons (Fsp3) is 1.00. The van der Waals surface area contributed by atoms with Crippen LogP contribution in [0.3, 0.4) is 0 Å². The monoisotopic (exact) mass is 213 g/mol. The summed E-state index contributed by atoms with van der Waals surface area (Å²) in [5.41, 5.74) is 0.461. The molecule has 0 saturated heterocycles. The fourth-order valence-corrected chi connectivity index (χ4v) is 2.55. The van der Waals surface area contributed by atoms with Gasteiger partial charge in [-0.2, -0.15) is 0 Å². The van der Waals surface area contributed by atoms with Crippen LogP contribution in [0.4, 0.5) is 0 Å². The van der Waals surface area contributed by atoms with Crippen LogP contribution < -0.4 is 5.32 Å². The molecule has 0 heterocycles. The van der Waals surface area contributed by atoms with Crippen molar-refractivity contribution in [1.82, 2.24) is 5.32 Å². The van der Waals surface area contributed by atoms with E-state index in [1.165, 1.54) is 25.7 Å². The van der Waals surface area contributed by atoms with Crippen molar-refractivity contribution in [2.75, 3.05) is 6.54 Å². The van der Waals surface area contributed by atoms with Gasteiger partial charge in [-0.15, -0.1) is 0 Å². The molecule has 1 saturated carbocycles. The summed E-state index contributed by atoms with van der Waals surface area (Å²) in [5, 5.41) is 12.8. The Morgan fingerprint density at radius 1 is 1.40 bits per heavy atom. The quantitative estimate of drug-likeness (QED) is 0.688. The summed E-state index contributed by atoms with van der Waals surface area (Å²) in [7, 11) is 0. The lowest BCUT2D eigenvalue weighted by Crippen LogP contribution is -2.44. The van der Waals surface area contributed by atoms with Crippen LogP contribution in [0.25, 0.3) is 0 Å². The van der Waals surface area contributed by atoms with Crippen LogP contribution in [0.1, 0.15) is 59.3 Å². The Morgan fingerprint density at radius 3 is 2.73 bits per heavy atom. The molecule has 0 bridgehead atoms. The number of hydrogen-bond acceptors (Lipinski definition) is 2. The molecule has 90 valence electrons. The molecule has 2 nitrogen and oxygen atoms in total. The Bertz CT molecular complexity index is 177. The van der Waals surface area contributed by atoms with Crippen molar-refractivity contribution in [2.45, 2.75) is 71.4 Å². The van der Waals surface area contributed by atoms with Crippen molar-refractivity contribution in [3.8, 4) is 0 Å². The number of hydrogen-bond donors (Lipinski definition) is 2. The molecule has 1 rings (SSSR count). The van der Waals surface area contributed by atoms with Crippen LogP contribution in [-0.4, -0.2) is 23.8 Å². The first-order chi connectivity index (χ1) is 7.02. The summed E-state index contributed by atoms with van der Waals surface area (Å²) in [6.07, 6.45) is 7.29. The van der Waals surface area contributed by atoms with E-state index >= 15 is 0 Å². The number of aliphatic hydroxyl groups excluding tert-OH is 1. The van der Waals surface area contributed by atoms with Gasteiger partial charge < -0.3 is 10.4 Å². The smallest absolute Gasteiger partial charge is 0.0512 e. The molecule has 1 aliphatic carbocycles. The SMILES string of the molecule is CC(O)CCCNC1CCCCC1(C)C. The third-order valence-corrected chi connectivity index (χ3v) is 3.70. The van der Waals surface area contributed by atoms with Gasteiger partial charge in [0.25, 0.3) is 0 Å². The highest BCUT2D eigenvalue weighted by atomic mass is 16.3. The van der Waals surface area contributed by atoms with Crippen molar-refractivity contribution >= 4 is 0 Å². The van der Waals surface area contributed by atoms with Gasteiger partial charge in [-0.3, -0.25) is 0 Å². The molecule has 0 aromatic carbocycles. The third kappa shape index (κ3) is 4.52. The number of aliphatic hydroxyl groups is 1. The van der Waals surface area contributed by atoms with Crippen LogP contribution >= 0.6 is 0 Å². The van der Waals surface area contributed by atoms with E-state index in [1.54, 1.807) is 0 Å². The lowest BCUT2D eigenvalue weighted by molar-refractivity contribution is 0.158. The van der Waals surface area contributed by atoms with Gasteiger partial charge in [0.15, 0.2) is 0 Å². The average molecular weight is 213 g/mol. The number of rotatable bonds is 5. The molecular formula is C13H27NO. The molecule has 0 aromatic rings. The molecule has 0 radical (unpaired) electrons. The zero-order valence-corrected chi connectivity index (χ0v) is 10.6. The molecule has 0 spiro atoms. The van der Waals surface area contributed by atoms with Gasteiger partial charge in [-0.25, -0.2) is 0 Å². The van der Waals surface area contributed by atoms with E-state index in [4.69, 9.17) is 5.11 Å². The van der Waals surface area contributed by atoms with Crippen LogP contribution in [0.5, 0.6) is 0 Å². The lowest BCUT2D eigenvalue weighted by atomic mass is 9.73. The molecule has 0 aliphatic heterocycles. The fourth-order valence-electron chi connectivity index (χ4n) is 2.55. The molecule has 0 amide bonds. The summed E-state index contributed by atoms with van der Waals surface area (Å²) in [6, 6.07) is 0.681. The molecule has 1 aliphatic rings. The van der Waals surface area contributed by atoms with E-state index < -0.39 is 0 Å². The van der Waals surface area contributed by atoms with Crippen molar-refractivity contribution in [2.24, 2.45) is 5.41 Å². The van der Waals surface area contributed by atoms with Crippen molar-refractivity contribution in [3.63, 3.8) is 0 Å². The maximum Gasteiger partial charge on any atom is 0.0512 e. The first-order valence-corrected chi connectivity index (χ1v) is 6.44. The topological polar surface area (TPSA) is 32.3 Å². The van der Waals surface area contributed by atoms with Crippen LogP contribution in [0.15, 0.2) is 0 Å². The Hall–Kier alpha value is -0.0800. The predicted octanol–water partition coefficient (Wildman–Crippen LogP) is 2.71. The second-order valence-electron chi connectivity index (χ2n) is 5.73. The van der Waals surface area contributed by atoms with E-state index in [0.29, 0.717) is 11.5 Å². The van der Waals surface area contributed by atoms with Crippen LogP contribution in [0.2, 0.25) is 0 Å². The van der Waals surface area contributed by atoms with Crippen LogP contribution in [-0.2, 0) is 0 Å². The molecular weight excluding hydrogens is 186 g/mol. The first kappa shape index (κ1) is 13.0. The lowest BCUT2D eigenvalue weighted by Gasteiger charge is -2.39. The molecule has 1 fully saturated rings. The predicted molar refractivity (Wildman–Crippen MR) is 65.0 cm³/mol. The van der Waals surface area contributed by atoms with Gasteiger partial charge in [-0.05, 0) is 44.6 Å². The van der Waals surface area contributed by atoms with Gasteiger partial charge in [0, 0.05) is 6.04 Å². The Kier molecular flexibility index (Phi) is 5.07. The summed E-state index contributed by atoms with van der Waals surface area (Å²) in [6.45, 7) is 7.67. The van der Waals surface area contributed by atoms with E-state index in [9.17, 15) is 0 Å². The Balaban J connectivity index is 2.19. The van der Waals surface area contributed by atoms with Gasteiger partial charge in [-0.1, -0.05) is 26.7 Å². The summed E-state index contributed by atoms with van der Waals surface area (Å²) in [4.78, 5) is 0. The second kappa shape index (κ2) is 5.86. The Morgan fingerprint density at radius 2 is 2.13 bits per heavy atom. The zero-order valence-electron chi connectivity index (χ0n) is 10.6. The minimum Gasteiger partial charge on any atom is -0.393 e. The number of nitrogens with one attached hydrogen (secondary N) is 1. The minimum atomic E-state index is -0.147. The summed E-state index contributed by atoms with van der Waals surface area (Å²) < 4.78 is 0. The Labute approximate surface area is 94.5 Å². The average Bonchev–Trinajstić information content (AvgIpc) is 2.13. The molecule has 2 N–H and O–H groups in total. The van der Waals surface area contributed by atoms with E-state index in [2.05, 4.69) is 19.2 Å². The van der Waals surface area contributed by atoms with Crippen molar-refractivity contribution in [3.05, 3.63) is 0 Å². The van der Waals surface area contributed by atoms with Crippen molar-refractivity contribution < 1.29 is 5.11 Å². The van der Waals surface area contributed by atoms with Crippen LogP contribution in [0, 0.1) is 5.41 Å². The highest BCUT2D eigenvalue weighted by molar-refractivity contribution is 4.87. The molecule has 15 heavy (non-hydrogen) atoms. The second-order valence-corrected chi connectivity index (χ2v) is 5.73.